The maximum absolute atomic E-state index is 5.38. The van der Waals surface area contributed by atoms with Crippen molar-refractivity contribution in [3.63, 3.8) is 0 Å². The lowest BCUT2D eigenvalue weighted by Gasteiger charge is -2.03. The summed E-state index contributed by atoms with van der Waals surface area (Å²) in [6.45, 7) is 5.20. The van der Waals surface area contributed by atoms with Gasteiger partial charge in [0.1, 0.15) is 0 Å². The van der Waals surface area contributed by atoms with Gasteiger partial charge in [-0.1, -0.05) is 6.92 Å². The fourth-order valence-corrected chi connectivity index (χ4v) is 1.17. The maximum Gasteiger partial charge on any atom is 0.0466 e. The van der Waals surface area contributed by atoms with Gasteiger partial charge in [0, 0.05) is 19.3 Å². The van der Waals surface area contributed by atoms with E-state index in [1.165, 1.54) is 32.2 Å². The minimum Gasteiger partial charge on any atom is -0.381 e. The van der Waals surface area contributed by atoms with Crippen molar-refractivity contribution < 1.29 is 4.74 Å². The smallest absolute Gasteiger partial charge is 0.0466 e. The molecule has 1 rings (SSSR count). The molecule has 1 N–H and O–H groups in total. The molecule has 2 heteroatoms. The Morgan fingerprint density at radius 3 is 2.75 bits per heavy atom. The first kappa shape index (κ1) is 10.0. The summed E-state index contributed by atoms with van der Waals surface area (Å²) < 4.78 is 5.38. The van der Waals surface area contributed by atoms with Crippen LogP contribution < -0.4 is 5.32 Å². The second kappa shape index (κ2) is 6.44. The van der Waals surface area contributed by atoms with Crippen molar-refractivity contribution in [1.82, 2.24) is 5.32 Å². The number of rotatable bonds is 8. The summed E-state index contributed by atoms with van der Waals surface area (Å²) in [5.41, 5.74) is 0. The lowest BCUT2D eigenvalue weighted by molar-refractivity contribution is 0.131. The van der Waals surface area contributed by atoms with Crippen LogP contribution in [0.3, 0.4) is 0 Å². The molecule has 0 aromatic rings. The zero-order valence-corrected chi connectivity index (χ0v) is 8.14. The molecule has 2 nitrogen and oxygen atoms in total. The van der Waals surface area contributed by atoms with Crippen molar-refractivity contribution in [1.29, 1.82) is 0 Å². The molecule has 0 heterocycles. The number of hydrogen-bond acceptors (Lipinski definition) is 2. The molecule has 0 saturated heterocycles. The van der Waals surface area contributed by atoms with Gasteiger partial charge < -0.3 is 10.1 Å². The zero-order chi connectivity index (χ0) is 8.65. The van der Waals surface area contributed by atoms with Gasteiger partial charge in [0.15, 0.2) is 0 Å². The van der Waals surface area contributed by atoms with E-state index in [0.717, 1.165) is 25.7 Å². The highest BCUT2D eigenvalue weighted by atomic mass is 16.5. The Hall–Kier alpha value is -0.0800. The average Bonchev–Trinajstić information content (AvgIpc) is 2.87. The van der Waals surface area contributed by atoms with E-state index in [1.807, 2.05) is 0 Å². The van der Waals surface area contributed by atoms with Gasteiger partial charge in [-0.15, -0.1) is 0 Å². The van der Waals surface area contributed by atoms with Crippen LogP contribution in [0.4, 0.5) is 0 Å². The van der Waals surface area contributed by atoms with Crippen LogP contribution in [0.25, 0.3) is 0 Å². The molecule has 0 spiro atoms. The molecule has 1 aliphatic rings. The summed E-state index contributed by atoms with van der Waals surface area (Å²) in [5, 5.41) is 3.49. The van der Waals surface area contributed by atoms with Crippen LogP contribution in [-0.2, 0) is 4.74 Å². The van der Waals surface area contributed by atoms with Crippen LogP contribution in [0.2, 0.25) is 0 Å². The van der Waals surface area contributed by atoms with Crippen LogP contribution in [0.15, 0.2) is 0 Å². The number of ether oxygens (including phenoxy) is 1. The van der Waals surface area contributed by atoms with E-state index < -0.39 is 0 Å². The van der Waals surface area contributed by atoms with E-state index in [-0.39, 0.29) is 0 Å². The molecule has 0 unspecified atom stereocenters. The summed E-state index contributed by atoms with van der Waals surface area (Å²) in [5.74, 6) is 0. The first-order valence-electron chi connectivity index (χ1n) is 5.24. The van der Waals surface area contributed by atoms with Crippen molar-refractivity contribution in [2.45, 2.75) is 45.1 Å². The molecule has 1 fully saturated rings. The summed E-state index contributed by atoms with van der Waals surface area (Å²) >= 11 is 0. The van der Waals surface area contributed by atoms with Gasteiger partial charge in [-0.3, -0.25) is 0 Å². The van der Waals surface area contributed by atoms with Crippen molar-refractivity contribution in [3.8, 4) is 0 Å². The van der Waals surface area contributed by atoms with E-state index in [0.29, 0.717) is 0 Å². The Morgan fingerprint density at radius 2 is 2.08 bits per heavy atom. The fourth-order valence-electron chi connectivity index (χ4n) is 1.17. The predicted molar refractivity (Wildman–Crippen MR) is 51.4 cm³/mol. The van der Waals surface area contributed by atoms with Gasteiger partial charge in [-0.05, 0) is 38.6 Å². The molecule has 0 aromatic carbocycles. The fraction of sp³-hybridized carbons (Fsp3) is 1.00. The Balaban J connectivity index is 1.65. The molecule has 0 aromatic heterocycles. The standard InChI is InChI=1S/C10H21NO/c1-2-8-12-9-4-3-7-11-10-5-6-10/h10-11H,2-9H2,1H3. The topological polar surface area (TPSA) is 21.3 Å². The highest BCUT2D eigenvalue weighted by Gasteiger charge is 2.19. The third kappa shape index (κ3) is 5.56. The Labute approximate surface area is 75.7 Å². The summed E-state index contributed by atoms with van der Waals surface area (Å²) in [7, 11) is 0. The van der Waals surface area contributed by atoms with E-state index >= 15 is 0 Å². The van der Waals surface area contributed by atoms with E-state index in [4.69, 9.17) is 4.74 Å². The lowest BCUT2D eigenvalue weighted by atomic mass is 10.3. The maximum atomic E-state index is 5.38. The molecule has 1 saturated carbocycles. The van der Waals surface area contributed by atoms with Crippen LogP contribution in [0.5, 0.6) is 0 Å². The average molecular weight is 171 g/mol. The molecule has 0 amide bonds. The van der Waals surface area contributed by atoms with E-state index in [2.05, 4.69) is 12.2 Å². The molecule has 0 radical (unpaired) electrons. The van der Waals surface area contributed by atoms with Gasteiger partial charge in [-0.2, -0.15) is 0 Å². The normalized spacial score (nSPS) is 16.8. The molecule has 12 heavy (non-hydrogen) atoms. The van der Waals surface area contributed by atoms with Crippen LogP contribution >= 0.6 is 0 Å². The summed E-state index contributed by atoms with van der Waals surface area (Å²) in [6, 6.07) is 0.863. The van der Waals surface area contributed by atoms with Crippen molar-refractivity contribution >= 4 is 0 Å². The zero-order valence-electron chi connectivity index (χ0n) is 8.14. The molecular weight excluding hydrogens is 150 g/mol. The third-order valence-electron chi connectivity index (χ3n) is 2.07. The predicted octanol–water partition coefficient (Wildman–Crippen LogP) is 1.95. The second-order valence-electron chi connectivity index (χ2n) is 3.55. The molecular formula is C10H21NO. The first-order chi connectivity index (χ1) is 5.93. The number of hydrogen-bond donors (Lipinski definition) is 1. The highest BCUT2D eigenvalue weighted by molar-refractivity contribution is 4.80. The largest absolute Gasteiger partial charge is 0.381 e. The van der Waals surface area contributed by atoms with E-state index in [1.54, 1.807) is 0 Å². The van der Waals surface area contributed by atoms with Crippen molar-refractivity contribution in [2.24, 2.45) is 0 Å². The van der Waals surface area contributed by atoms with Gasteiger partial charge >= 0.3 is 0 Å². The van der Waals surface area contributed by atoms with Crippen LogP contribution in [0, 0.1) is 0 Å². The Morgan fingerprint density at radius 1 is 1.25 bits per heavy atom. The molecule has 0 bridgehead atoms. The molecule has 0 atom stereocenters. The van der Waals surface area contributed by atoms with Gasteiger partial charge in [0.25, 0.3) is 0 Å². The number of unbranched alkanes of at least 4 members (excludes halogenated alkanes) is 1. The second-order valence-corrected chi connectivity index (χ2v) is 3.55. The molecule has 1 aliphatic carbocycles. The van der Waals surface area contributed by atoms with Gasteiger partial charge in [0.05, 0.1) is 0 Å². The first-order valence-corrected chi connectivity index (χ1v) is 5.24. The van der Waals surface area contributed by atoms with Crippen molar-refractivity contribution in [3.05, 3.63) is 0 Å². The monoisotopic (exact) mass is 171 g/mol. The van der Waals surface area contributed by atoms with Crippen LogP contribution in [-0.4, -0.2) is 25.8 Å². The SMILES string of the molecule is CCCOCCCCNC1CC1. The summed E-state index contributed by atoms with van der Waals surface area (Å²) in [6.07, 6.45) is 6.40. The minimum atomic E-state index is 0.863. The highest BCUT2D eigenvalue weighted by Crippen LogP contribution is 2.18. The van der Waals surface area contributed by atoms with Gasteiger partial charge in [0.2, 0.25) is 0 Å². The lowest BCUT2D eigenvalue weighted by Crippen LogP contribution is -2.17. The number of nitrogens with one attached hydrogen (secondary N) is 1. The summed E-state index contributed by atoms with van der Waals surface area (Å²) in [4.78, 5) is 0. The quantitative estimate of drug-likeness (QED) is 0.564. The molecule has 0 aliphatic heterocycles. The van der Waals surface area contributed by atoms with Crippen molar-refractivity contribution in [2.75, 3.05) is 19.8 Å². The Bertz CT molecular complexity index is 102. The van der Waals surface area contributed by atoms with Gasteiger partial charge in [-0.25, -0.2) is 0 Å². The molecule has 72 valence electrons. The van der Waals surface area contributed by atoms with E-state index in [9.17, 15) is 0 Å². The Kier molecular flexibility index (Phi) is 5.37. The minimum absolute atomic E-state index is 0.863. The third-order valence-corrected chi connectivity index (χ3v) is 2.07. The van der Waals surface area contributed by atoms with Crippen LogP contribution in [0.1, 0.15) is 39.0 Å².